The van der Waals surface area contributed by atoms with Gasteiger partial charge in [0, 0.05) is 39.3 Å². The van der Waals surface area contributed by atoms with E-state index in [0.717, 1.165) is 25.4 Å². The van der Waals surface area contributed by atoms with Gasteiger partial charge in [-0.2, -0.15) is 0 Å². The molecule has 3 nitrogen and oxygen atoms in total. The van der Waals surface area contributed by atoms with Crippen LogP contribution >= 0.6 is 0 Å². The summed E-state index contributed by atoms with van der Waals surface area (Å²) in [6.45, 7) is 3.59. The Hall–Kier alpha value is -1.51. The minimum absolute atomic E-state index is 0.311. The van der Waals surface area contributed by atoms with Crippen LogP contribution in [0.15, 0.2) is 24.3 Å². The summed E-state index contributed by atoms with van der Waals surface area (Å²) >= 11 is 0. The van der Waals surface area contributed by atoms with Crippen molar-refractivity contribution in [2.45, 2.75) is 52.0 Å². The Labute approximate surface area is 135 Å². The Balaban J connectivity index is 1.85. The van der Waals surface area contributed by atoms with Gasteiger partial charge in [0.05, 0.1) is 0 Å². The minimum atomic E-state index is 0.311. The lowest BCUT2D eigenvalue weighted by molar-refractivity contribution is -0.131. The number of carbonyl (C=O) groups is 1. The van der Waals surface area contributed by atoms with E-state index in [1.165, 1.54) is 36.9 Å². The van der Waals surface area contributed by atoms with Gasteiger partial charge in [-0.15, -0.1) is 0 Å². The molecule has 0 atom stereocenters. The molecule has 1 fully saturated rings. The van der Waals surface area contributed by atoms with Crippen LogP contribution in [0.3, 0.4) is 0 Å². The van der Waals surface area contributed by atoms with Crippen LogP contribution in [-0.4, -0.2) is 31.4 Å². The standard InChI is InChI=1S/C19H30N2O/c1-4-21(19(22)14-11-16-7-5-6-8-16)15-17-9-12-18(13-10-17)20(2)3/h9-10,12-13,16H,4-8,11,14-15H2,1-3H3. The molecule has 1 aromatic rings. The fourth-order valence-corrected chi connectivity index (χ4v) is 3.28. The Morgan fingerprint density at radius 3 is 2.32 bits per heavy atom. The van der Waals surface area contributed by atoms with Gasteiger partial charge in [-0.3, -0.25) is 4.79 Å². The van der Waals surface area contributed by atoms with Crippen molar-refractivity contribution in [2.24, 2.45) is 5.92 Å². The van der Waals surface area contributed by atoms with Crippen LogP contribution in [-0.2, 0) is 11.3 Å². The molecule has 0 unspecified atom stereocenters. The molecule has 1 aliphatic carbocycles. The van der Waals surface area contributed by atoms with Crippen molar-refractivity contribution in [2.75, 3.05) is 25.5 Å². The third-order valence-corrected chi connectivity index (χ3v) is 4.80. The number of hydrogen-bond acceptors (Lipinski definition) is 2. The molecule has 1 aliphatic rings. The molecule has 0 spiro atoms. The van der Waals surface area contributed by atoms with Crippen molar-refractivity contribution in [3.8, 4) is 0 Å². The van der Waals surface area contributed by atoms with Gasteiger partial charge in [0.2, 0.25) is 5.91 Å². The van der Waals surface area contributed by atoms with Crippen LogP contribution < -0.4 is 4.90 Å². The van der Waals surface area contributed by atoms with Crippen molar-refractivity contribution in [3.05, 3.63) is 29.8 Å². The predicted molar refractivity (Wildman–Crippen MR) is 93.1 cm³/mol. The maximum atomic E-state index is 12.4. The molecular formula is C19H30N2O. The van der Waals surface area contributed by atoms with E-state index in [9.17, 15) is 4.79 Å². The molecule has 122 valence electrons. The van der Waals surface area contributed by atoms with Gasteiger partial charge in [-0.05, 0) is 37.0 Å². The molecule has 22 heavy (non-hydrogen) atoms. The molecule has 2 rings (SSSR count). The molecule has 3 heteroatoms. The summed E-state index contributed by atoms with van der Waals surface area (Å²) in [5, 5.41) is 0. The van der Waals surface area contributed by atoms with Crippen molar-refractivity contribution in [1.29, 1.82) is 0 Å². The maximum Gasteiger partial charge on any atom is 0.222 e. The number of hydrogen-bond donors (Lipinski definition) is 0. The molecule has 0 N–H and O–H groups in total. The van der Waals surface area contributed by atoms with E-state index >= 15 is 0 Å². The zero-order chi connectivity index (χ0) is 15.9. The largest absolute Gasteiger partial charge is 0.378 e. The van der Waals surface area contributed by atoms with E-state index in [-0.39, 0.29) is 0 Å². The third kappa shape index (κ3) is 4.75. The number of anilines is 1. The average Bonchev–Trinajstić information content (AvgIpc) is 3.04. The van der Waals surface area contributed by atoms with Gasteiger partial charge in [0.25, 0.3) is 0 Å². The van der Waals surface area contributed by atoms with Crippen LogP contribution in [0.25, 0.3) is 0 Å². The van der Waals surface area contributed by atoms with Gasteiger partial charge in [-0.1, -0.05) is 37.8 Å². The Morgan fingerprint density at radius 1 is 1.14 bits per heavy atom. The van der Waals surface area contributed by atoms with Crippen molar-refractivity contribution in [3.63, 3.8) is 0 Å². The average molecular weight is 302 g/mol. The van der Waals surface area contributed by atoms with E-state index in [4.69, 9.17) is 0 Å². The highest BCUT2D eigenvalue weighted by Gasteiger charge is 2.18. The van der Waals surface area contributed by atoms with Crippen LogP contribution in [0.2, 0.25) is 0 Å². The lowest BCUT2D eigenvalue weighted by Crippen LogP contribution is -2.30. The van der Waals surface area contributed by atoms with E-state index in [2.05, 4.69) is 36.1 Å². The summed E-state index contributed by atoms with van der Waals surface area (Å²) in [6, 6.07) is 8.49. The molecule has 1 saturated carbocycles. The molecule has 1 aromatic carbocycles. The first-order chi connectivity index (χ1) is 10.6. The van der Waals surface area contributed by atoms with Gasteiger partial charge in [0.1, 0.15) is 0 Å². The summed E-state index contributed by atoms with van der Waals surface area (Å²) in [5.74, 6) is 1.10. The van der Waals surface area contributed by atoms with Crippen molar-refractivity contribution in [1.82, 2.24) is 4.90 Å². The molecule has 0 bridgehead atoms. The fraction of sp³-hybridized carbons (Fsp3) is 0.632. The first-order valence-corrected chi connectivity index (χ1v) is 8.64. The molecule has 1 amide bonds. The normalized spacial score (nSPS) is 15.0. The highest BCUT2D eigenvalue weighted by molar-refractivity contribution is 5.76. The van der Waals surface area contributed by atoms with E-state index in [1.54, 1.807) is 0 Å². The molecule has 0 aromatic heterocycles. The van der Waals surface area contributed by atoms with Crippen LogP contribution in [0, 0.1) is 5.92 Å². The second-order valence-electron chi connectivity index (χ2n) is 6.66. The summed E-state index contributed by atoms with van der Waals surface area (Å²) in [7, 11) is 4.08. The van der Waals surface area contributed by atoms with E-state index in [1.807, 2.05) is 19.0 Å². The van der Waals surface area contributed by atoms with Crippen LogP contribution in [0.1, 0.15) is 51.0 Å². The van der Waals surface area contributed by atoms with E-state index < -0.39 is 0 Å². The van der Waals surface area contributed by atoms with Crippen molar-refractivity contribution >= 4 is 11.6 Å². The van der Waals surface area contributed by atoms with Crippen LogP contribution in [0.4, 0.5) is 5.69 Å². The van der Waals surface area contributed by atoms with Gasteiger partial charge >= 0.3 is 0 Å². The topological polar surface area (TPSA) is 23.6 Å². The fourth-order valence-electron chi connectivity index (χ4n) is 3.28. The Kier molecular flexibility index (Phi) is 6.29. The smallest absolute Gasteiger partial charge is 0.222 e. The molecule has 0 heterocycles. The molecule has 0 radical (unpaired) electrons. The number of benzene rings is 1. The third-order valence-electron chi connectivity index (χ3n) is 4.80. The molecule has 0 saturated heterocycles. The lowest BCUT2D eigenvalue weighted by Gasteiger charge is -2.22. The highest BCUT2D eigenvalue weighted by Crippen LogP contribution is 2.28. The predicted octanol–water partition coefficient (Wildman–Crippen LogP) is 4.07. The lowest BCUT2D eigenvalue weighted by atomic mass is 10.0. The molecule has 0 aliphatic heterocycles. The second-order valence-corrected chi connectivity index (χ2v) is 6.66. The summed E-state index contributed by atoms with van der Waals surface area (Å²) in [6.07, 6.45) is 7.16. The molecular weight excluding hydrogens is 272 g/mol. The quantitative estimate of drug-likeness (QED) is 0.758. The highest BCUT2D eigenvalue weighted by atomic mass is 16.2. The van der Waals surface area contributed by atoms with Gasteiger partial charge < -0.3 is 9.80 Å². The van der Waals surface area contributed by atoms with Gasteiger partial charge in [-0.25, -0.2) is 0 Å². The summed E-state index contributed by atoms with van der Waals surface area (Å²) in [4.78, 5) is 16.5. The number of amides is 1. The zero-order valence-corrected chi connectivity index (χ0v) is 14.3. The number of rotatable bonds is 7. The SMILES string of the molecule is CCN(Cc1ccc(N(C)C)cc1)C(=O)CCC1CCCC1. The summed E-state index contributed by atoms with van der Waals surface area (Å²) in [5.41, 5.74) is 2.40. The maximum absolute atomic E-state index is 12.4. The minimum Gasteiger partial charge on any atom is -0.378 e. The summed E-state index contributed by atoms with van der Waals surface area (Å²) < 4.78 is 0. The van der Waals surface area contributed by atoms with E-state index in [0.29, 0.717) is 12.3 Å². The number of nitrogens with zero attached hydrogens (tertiary/aromatic N) is 2. The first kappa shape index (κ1) is 16.9. The van der Waals surface area contributed by atoms with Crippen LogP contribution in [0.5, 0.6) is 0 Å². The monoisotopic (exact) mass is 302 g/mol. The van der Waals surface area contributed by atoms with Gasteiger partial charge in [0.15, 0.2) is 0 Å². The first-order valence-electron chi connectivity index (χ1n) is 8.64. The Bertz CT molecular complexity index is 461. The zero-order valence-electron chi connectivity index (χ0n) is 14.3. The number of carbonyl (C=O) groups excluding carboxylic acids is 1. The Morgan fingerprint density at radius 2 is 1.77 bits per heavy atom. The second kappa shape index (κ2) is 8.21. The van der Waals surface area contributed by atoms with Crippen molar-refractivity contribution < 1.29 is 4.79 Å².